The first-order chi connectivity index (χ1) is 16.5. The van der Waals surface area contributed by atoms with Gasteiger partial charge >= 0.3 is 6.09 Å². The average molecular weight is 480 g/mol. The molecule has 1 aromatic carbocycles. The van der Waals surface area contributed by atoms with E-state index >= 15 is 0 Å². The second-order valence-corrected chi connectivity index (χ2v) is 9.05. The summed E-state index contributed by atoms with van der Waals surface area (Å²) in [4.78, 5) is 31.7. The largest absolute Gasteiger partial charge is 0.497 e. The van der Waals surface area contributed by atoms with Crippen LogP contribution in [-0.2, 0) is 42.6 Å². The molecule has 2 aromatic heterocycles. The lowest BCUT2D eigenvalue weighted by Crippen LogP contribution is -2.35. The summed E-state index contributed by atoms with van der Waals surface area (Å²) >= 11 is 1.34. The number of rotatable bonds is 7. The van der Waals surface area contributed by atoms with Gasteiger partial charge in [-0.2, -0.15) is 5.26 Å². The Morgan fingerprint density at radius 3 is 2.94 bits per heavy atom. The van der Waals surface area contributed by atoms with Crippen LogP contribution < -0.4 is 10.1 Å². The summed E-state index contributed by atoms with van der Waals surface area (Å²) in [6.07, 6.45) is 4.28. The smallest absolute Gasteiger partial charge is 0.410 e. The van der Waals surface area contributed by atoms with Crippen molar-refractivity contribution >= 4 is 28.3 Å². The van der Waals surface area contributed by atoms with Gasteiger partial charge in [0.25, 0.3) is 0 Å². The Hall–Kier alpha value is -3.84. The van der Waals surface area contributed by atoms with Crippen LogP contribution in [0.3, 0.4) is 0 Å². The minimum atomic E-state index is -0.414. The summed E-state index contributed by atoms with van der Waals surface area (Å²) in [6, 6.07) is 9.82. The van der Waals surface area contributed by atoms with Gasteiger partial charge in [-0.15, -0.1) is 11.3 Å². The van der Waals surface area contributed by atoms with Gasteiger partial charge in [0.15, 0.2) is 0 Å². The van der Waals surface area contributed by atoms with Crippen LogP contribution in [0.1, 0.15) is 33.7 Å². The van der Waals surface area contributed by atoms with Crippen molar-refractivity contribution in [2.75, 3.05) is 19.0 Å². The molecule has 0 fully saturated rings. The molecule has 3 heterocycles. The van der Waals surface area contributed by atoms with Crippen molar-refractivity contribution in [2.45, 2.75) is 32.4 Å². The number of nitrogens with one attached hydrogen (secondary N) is 1. The van der Waals surface area contributed by atoms with Crippen LogP contribution in [0.5, 0.6) is 5.75 Å². The molecule has 0 unspecified atom stereocenters. The molecule has 0 aliphatic carbocycles. The van der Waals surface area contributed by atoms with E-state index in [1.54, 1.807) is 29.1 Å². The number of imidazole rings is 1. The maximum absolute atomic E-state index is 12.6. The molecule has 0 saturated heterocycles. The number of nitriles is 1. The van der Waals surface area contributed by atoms with E-state index in [1.807, 2.05) is 31.3 Å². The van der Waals surface area contributed by atoms with E-state index in [1.165, 1.54) is 11.3 Å². The van der Waals surface area contributed by atoms with Gasteiger partial charge in [-0.3, -0.25) is 4.79 Å². The van der Waals surface area contributed by atoms with Gasteiger partial charge in [0.05, 0.1) is 37.4 Å². The fourth-order valence-electron chi connectivity index (χ4n) is 3.79. The number of carbonyl (C=O) groups excluding carboxylic acids is 2. The van der Waals surface area contributed by atoms with E-state index in [0.717, 1.165) is 27.4 Å². The van der Waals surface area contributed by atoms with E-state index in [4.69, 9.17) is 9.47 Å². The van der Waals surface area contributed by atoms with Crippen LogP contribution >= 0.6 is 11.3 Å². The molecule has 34 heavy (non-hydrogen) atoms. The third-order valence-electron chi connectivity index (χ3n) is 5.71. The number of aryl methyl sites for hydroxylation is 2. The molecule has 0 bridgehead atoms. The van der Waals surface area contributed by atoms with E-state index in [2.05, 4.69) is 16.4 Å². The van der Waals surface area contributed by atoms with Gasteiger partial charge < -0.3 is 24.3 Å². The van der Waals surface area contributed by atoms with Crippen molar-refractivity contribution < 1.29 is 19.1 Å². The van der Waals surface area contributed by atoms with E-state index in [9.17, 15) is 14.9 Å². The molecule has 9 nitrogen and oxygen atoms in total. The zero-order valence-corrected chi connectivity index (χ0v) is 19.9. The first-order valence-electron chi connectivity index (χ1n) is 10.8. The molecule has 1 aliphatic rings. The van der Waals surface area contributed by atoms with Crippen LogP contribution in [-0.4, -0.2) is 40.1 Å². The highest BCUT2D eigenvalue weighted by Gasteiger charge is 2.28. The summed E-state index contributed by atoms with van der Waals surface area (Å²) in [5, 5.41) is 13.1. The standard InChI is InChI=1S/C24H25N5O4S/c1-28-15-26-12-17(28)14-33-24(31)29-9-8-19-20(11-25)23(34-21(19)13-29)27-22(30)7-6-16-4-3-5-18(10-16)32-2/h3-5,10,12,15H,6-9,13-14H2,1-2H3,(H,27,30). The maximum atomic E-state index is 12.6. The second-order valence-electron chi connectivity index (χ2n) is 7.94. The molecule has 1 aliphatic heterocycles. The highest BCUT2D eigenvalue weighted by Crippen LogP contribution is 2.37. The SMILES string of the molecule is COc1cccc(CCC(=O)Nc2sc3c(c2C#N)CCN(C(=O)OCc2cncn2C)C3)c1. The van der Waals surface area contributed by atoms with E-state index < -0.39 is 6.09 Å². The minimum Gasteiger partial charge on any atom is -0.497 e. The molecular weight excluding hydrogens is 454 g/mol. The Bertz CT molecular complexity index is 1240. The molecule has 0 spiro atoms. The number of aromatic nitrogens is 2. The predicted molar refractivity (Wildman–Crippen MR) is 126 cm³/mol. The first kappa shape index (κ1) is 23.3. The third-order valence-corrected chi connectivity index (χ3v) is 6.85. The van der Waals surface area contributed by atoms with Gasteiger partial charge in [0, 0.05) is 24.9 Å². The topological polar surface area (TPSA) is 109 Å². The lowest BCUT2D eigenvalue weighted by Gasteiger charge is -2.26. The summed E-state index contributed by atoms with van der Waals surface area (Å²) in [5.41, 5.74) is 3.18. The van der Waals surface area contributed by atoms with Gasteiger partial charge in [-0.25, -0.2) is 9.78 Å². The summed E-state index contributed by atoms with van der Waals surface area (Å²) in [7, 11) is 3.44. The maximum Gasteiger partial charge on any atom is 0.410 e. The van der Waals surface area contributed by atoms with Crippen LogP contribution in [0.15, 0.2) is 36.8 Å². The summed E-state index contributed by atoms with van der Waals surface area (Å²) in [6.45, 7) is 0.936. The Kier molecular flexibility index (Phi) is 7.13. The number of hydrogen-bond donors (Lipinski definition) is 1. The molecule has 3 aromatic rings. The molecule has 2 amide bonds. The van der Waals surface area contributed by atoms with E-state index in [-0.39, 0.29) is 18.9 Å². The predicted octanol–water partition coefficient (Wildman–Crippen LogP) is 3.63. The molecule has 1 N–H and O–H groups in total. The van der Waals surface area contributed by atoms with Crippen molar-refractivity contribution in [1.29, 1.82) is 5.26 Å². The monoisotopic (exact) mass is 479 g/mol. The number of hydrogen-bond acceptors (Lipinski definition) is 7. The van der Waals surface area contributed by atoms with Crippen molar-refractivity contribution in [3.05, 3.63) is 64.1 Å². The summed E-state index contributed by atoms with van der Waals surface area (Å²) < 4.78 is 12.4. The van der Waals surface area contributed by atoms with Crippen LogP contribution in [0, 0.1) is 11.3 Å². The highest BCUT2D eigenvalue weighted by atomic mass is 32.1. The molecule has 176 valence electrons. The molecule has 0 saturated carbocycles. The van der Waals surface area contributed by atoms with Gasteiger partial charge in [0.2, 0.25) is 5.91 Å². The second kappa shape index (κ2) is 10.4. The molecule has 10 heteroatoms. The van der Waals surface area contributed by atoms with Crippen LogP contribution in [0.4, 0.5) is 9.80 Å². The van der Waals surface area contributed by atoms with Crippen molar-refractivity contribution in [1.82, 2.24) is 14.5 Å². The van der Waals surface area contributed by atoms with Crippen LogP contribution in [0.2, 0.25) is 0 Å². The lowest BCUT2D eigenvalue weighted by atomic mass is 10.0. The number of carbonyl (C=O) groups is 2. The zero-order valence-electron chi connectivity index (χ0n) is 19.0. The number of benzene rings is 1. The molecule has 4 rings (SSSR count). The normalized spacial score (nSPS) is 12.6. The zero-order chi connectivity index (χ0) is 24.1. The number of anilines is 1. The van der Waals surface area contributed by atoms with Gasteiger partial charge in [0.1, 0.15) is 23.4 Å². The number of nitrogens with zero attached hydrogens (tertiary/aromatic N) is 4. The van der Waals surface area contributed by atoms with Crippen molar-refractivity contribution in [3.63, 3.8) is 0 Å². The Morgan fingerprint density at radius 1 is 1.35 bits per heavy atom. The Morgan fingerprint density at radius 2 is 2.21 bits per heavy atom. The number of ether oxygens (including phenoxy) is 2. The molecule has 0 radical (unpaired) electrons. The van der Waals surface area contributed by atoms with Gasteiger partial charge in [-0.05, 0) is 36.1 Å². The fraction of sp³-hybridized carbons (Fsp3) is 0.333. The lowest BCUT2D eigenvalue weighted by molar-refractivity contribution is -0.116. The fourth-order valence-corrected chi connectivity index (χ4v) is 5.02. The van der Waals surface area contributed by atoms with Crippen molar-refractivity contribution in [2.24, 2.45) is 7.05 Å². The number of fused-ring (bicyclic) bond motifs is 1. The van der Waals surface area contributed by atoms with Crippen LogP contribution in [0.25, 0.3) is 0 Å². The number of methoxy groups -OCH3 is 1. The molecule has 0 atom stereocenters. The first-order valence-corrected chi connectivity index (χ1v) is 11.6. The van der Waals surface area contributed by atoms with Gasteiger partial charge in [-0.1, -0.05) is 12.1 Å². The quantitative estimate of drug-likeness (QED) is 0.554. The minimum absolute atomic E-state index is 0.140. The number of amides is 2. The van der Waals surface area contributed by atoms with Crippen molar-refractivity contribution in [3.8, 4) is 11.8 Å². The van der Waals surface area contributed by atoms with E-state index in [0.29, 0.717) is 36.5 Å². The number of thiophene rings is 1. The molecular formula is C24H25N5O4S. The highest BCUT2D eigenvalue weighted by molar-refractivity contribution is 7.16. The Labute approximate surface area is 201 Å². The summed E-state index contributed by atoms with van der Waals surface area (Å²) in [5.74, 6) is 0.587. The average Bonchev–Trinajstić information content (AvgIpc) is 3.42. The third kappa shape index (κ3) is 5.21. The Balaban J connectivity index is 1.37.